The summed E-state index contributed by atoms with van der Waals surface area (Å²) in [6.07, 6.45) is 0. The molecule has 5 heteroatoms. The first-order valence-electron chi connectivity index (χ1n) is 5.58. The zero-order chi connectivity index (χ0) is 12.3. The van der Waals surface area contributed by atoms with Crippen LogP contribution in [-0.4, -0.2) is 42.3 Å². The highest BCUT2D eigenvalue weighted by Gasteiger charge is 2.13. The summed E-state index contributed by atoms with van der Waals surface area (Å²) in [5.41, 5.74) is 7.64. The summed E-state index contributed by atoms with van der Waals surface area (Å²) in [5.74, 6) is -0.923. The molecule has 3 N–H and O–H groups in total. The van der Waals surface area contributed by atoms with E-state index in [-0.39, 0.29) is 5.56 Å². The van der Waals surface area contributed by atoms with Gasteiger partial charge in [0.25, 0.3) is 0 Å². The van der Waals surface area contributed by atoms with Gasteiger partial charge >= 0.3 is 5.97 Å². The van der Waals surface area contributed by atoms with Crippen molar-refractivity contribution in [3.8, 4) is 0 Å². The summed E-state index contributed by atoms with van der Waals surface area (Å²) in [4.78, 5) is 13.1. The number of hydrogen-bond donors (Lipinski definition) is 2. The van der Waals surface area contributed by atoms with Crippen LogP contribution in [0.3, 0.4) is 0 Å². The van der Waals surface area contributed by atoms with E-state index in [9.17, 15) is 4.79 Å². The lowest BCUT2D eigenvalue weighted by Gasteiger charge is -2.27. The Bertz CT molecular complexity index is 414. The number of carboxylic acids is 1. The molecule has 0 atom stereocenters. The fourth-order valence-electron chi connectivity index (χ4n) is 1.88. The van der Waals surface area contributed by atoms with Crippen molar-refractivity contribution in [3.05, 3.63) is 29.3 Å². The normalized spacial score (nSPS) is 16.9. The van der Waals surface area contributed by atoms with Gasteiger partial charge in [-0.3, -0.25) is 4.90 Å². The van der Waals surface area contributed by atoms with Crippen LogP contribution in [0, 0.1) is 0 Å². The molecule has 0 radical (unpaired) electrons. The first-order valence-corrected chi connectivity index (χ1v) is 5.58. The lowest BCUT2D eigenvalue weighted by Crippen LogP contribution is -2.35. The van der Waals surface area contributed by atoms with Crippen molar-refractivity contribution >= 4 is 11.7 Å². The minimum absolute atomic E-state index is 0.280. The van der Waals surface area contributed by atoms with Crippen molar-refractivity contribution in [3.63, 3.8) is 0 Å². The highest BCUT2D eigenvalue weighted by molar-refractivity contribution is 5.88. The molecule has 92 valence electrons. The molecule has 1 aromatic rings. The number of morpholine rings is 1. The lowest BCUT2D eigenvalue weighted by molar-refractivity contribution is 0.0342. The number of aromatic carboxylic acids is 1. The number of anilines is 1. The van der Waals surface area contributed by atoms with Crippen molar-refractivity contribution in [1.29, 1.82) is 0 Å². The zero-order valence-corrected chi connectivity index (χ0v) is 9.56. The Morgan fingerprint density at radius 3 is 2.76 bits per heavy atom. The summed E-state index contributed by atoms with van der Waals surface area (Å²) < 4.78 is 5.26. The first-order chi connectivity index (χ1) is 8.16. The Kier molecular flexibility index (Phi) is 3.61. The molecular weight excluding hydrogens is 220 g/mol. The Labute approximate surface area is 99.8 Å². The Morgan fingerprint density at radius 2 is 2.12 bits per heavy atom. The summed E-state index contributed by atoms with van der Waals surface area (Å²) in [5, 5.41) is 8.93. The van der Waals surface area contributed by atoms with Gasteiger partial charge in [-0.2, -0.15) is 0 Å². The van der Waals surface area contributed by atoms with Gasteiger partial charge in [0.1, 0.15) is 0 Å². The van der Waals surface area contributed by atoms with Crippen LogP contribution in [0.15, 0.2) is 18.2 Å². The lowest BCUT2D eigenvalue weighted by atomic mass is 10.1. The van der Waals surface area contributed by atoms with Crippen molar-refractivity contribution in [2.24, 2.45) is 0 Å². The molecule has 1 aliphatic heterocycles. The van der Waals surface area contributed by atoms with E-state index in [0.29, 0.717) is 12.2 Å². The number of nitrogen functional groups attached to an aromatic ring is 1. The largest absolute Gasteiger partial charge is 0.478 e. The summed E-state index contributed by atoms with van der Waals surface area (Å²) in [7, 11) is 0. The first kappa shape index (κ1) is 11.9. The van der Waals surface area contributed by atoms with Gasteiger partial charge in [-0.15, -0.1) is 0 Å². The highest BCUT2D eigenvalue weighted by atomic mass is 16.5. The molecule has 1 aromatic carbocycles. The fraction of sp³-hybridized carbons (Fsp3) is 0.417. The Hall–Kier alpha value is -1.59. The molecule has 0 bridgehead atoms. The Balaban J connectivity index is 2.13. The Morgan fingerprint density at radius 1 is 1.41 bits per heavy atom. The molecule has 0 unspecified atom stereocenters. The number of hydrogen-bond acceptors (Lipinski definition) is 4. The van der Waals surface area contributed by atoms with Crippen LogP contribution in [-0.2, 0) is 11.3 Å². The van der Waals surface area contributed by atoms with Crippen molar-refractivity contribution in [2.45, 2.75) is 6.54 Å². The minimum atomic E-state index is -0.923. The van der Waals surface area contributed by atoms with E-state index >= 15 is 0 Å². The third-order valence-corrected chi connectivity index (χ3v) is 2.89. The molecule has 5 nitrogen and oxygen atoms in total. The predicted molar refractivity (Wildman–Crippen MR) is 63.9 cm³/mol. The number of ether oxygens (including phenoxy) is 1. The van der Waals surface area contributed by atoms with Crippen LogP contribution in [0.2, 0.25) is 0 Å². The molecule has 0 aliphatic carbocycles. The van der Waals surface area contributed by atoms with Gasteiger partial charge in [0.15, 0.2) is 0 Å². The van der Waals surface area contributed by atoms with Crippen LogP contribution in [0.1, 0.15) is 15.9 Å². The standard InChI is InChI=1S/C12H16N2O3/c13-11-2-1-9(12(15)16)7-10(11)8-14-3-5-17-6-4-14/h1-2,7H,3-6,8,13H2,(H,15,16). The molecule has 0 aromatic heterocycles. The topological polar surface area (TPSA) is 75.8 Å². The van der Waals surface area contributed by atoms with Crippen LogP contribution < -0.4 is 5.73 Å². The van der Waals surface area contributed by atoms with Gasteiger partial charge in [-0.1, -0.05) is 0 Å². The maximum Gasteiger partial charge on any atom is 0.335 e. The average molecular weight is 236 g/mol. The van der Waals surface area contributed by atoms with E-state index in [0.717, 1.165) is 31.9 Å². The van der Waals surface area contributed by atoms with E-state index < -0.39 is 5.97 Å². The number of nitrogens with two attached hydrogens (primary N) is 1. The molecule has 0 spiro atoms. The van der Waals surface area contributed by atoms with Crippen LogP contribution in [0.4, 0.5) is 5.69 Å². The quantitative estimate of drug-likeness (QED) is 0.759. The van der Waals surface area contributed by atoms with E-state index in [1.165, 1.54) is 6.07 Å². The maximum atomic E-state index is 10.9. The zero-order valence-electron chi connectivity index (χ0n) is 9.56. The second-order valence-corrected chi connectivity index (χ2v) is 4.11. The molecular formula is C12H16N2O3. The van der Waals surface area contributed by atoms with Crippen molar-refractivity contribution < 1.29 is 14.6 Å². The van der Waals surface area contributed by atoms with Gasteiger partial charge < -0.3 is 15.6 Å². The third kappa shape index (κ3) is 2.95. The van der Waals surface area contributed by atoms with Gasteiger partial charge in [-0.05, 0) is 23.8 Å². The molecule has 1 heterocycles. The number of carbonyl (C=O) groups is 1. The van der Waals surface area contributed by atoms with Crippen LogP contribution in [0.25, 0.3) is 0 Å². The second-order valence-electron chi connectivity index (χ2n) is 4.11. The number of nitrogens with zero attached hydrogens (tertiary/aromatic N) is 1. The highest BCUT2D eigenvalue weighted by Crippen LogP contribution is 2.17. The average Bonchev–Trinajstić information content (AvgIpc) is 2.33. The molecule has 0 saturated carbocycles. The SMILES string of the molecule is Nc1ccc(C(=O)O)cc1CN1CCOCC1. The second kappa shape index (κ2) is 5.16. The molecule has 17 heavy (non-hydrogen) atoms. The smallest absolute Gasteiger partial charge is 0.335 e. The predicted octanol–water partition coefficient (Wildman–Crippen LogP) is 0.799. The molecule has 1 saturated heterocycles. The maximum absolute atomic E-state index is 10.9. The van der Waals surface area contributed by atoms with Crippen LogP contribution >= 0.6 is 0 Å². The molecule has 2 rings (SSSR count). The van der Waals surface area contributed by atoms with E-state index in [2.05, 4.69) is 4.90 Å². The molecule has 1 aliphatic rings. The van der Waals surface area contributed by atoms with Crippen molar-refractivity contribution in [2.75, 3.05) is 32.0 Å². The fourth-order valence-corrected chi connectivity index (χ4v) is 1.88. The third-order valence-electron chi connectivity index (χ3n) is 2.89. The van der Waals surface area contributed by atoms with E-state index in [4.69, 9.17) is 15.6 Å². The summed E-state index contributed by atoms with van der Waals surface area (Å²) >= 11 is 0. The van der Waals surface area contributed by atoms with E-state index in [1.54, 1.807) is 12.1 Å². The number of rotatable bonds is 3. The monoisotopic (exact) mass is 236 g/mol. The summed E-state index contributed by atoms with van der Waals surface area (Å²) in [6, 6.07) is 4.83. The number of benzene rings is 1. The number of carboxylic acid groups (broad SMARTS) is 1. The van der Waals surface area contributed by atoms with Crippen LogP contribution in [0.5, 0.6) is 0 Å². The van der Waals surface area contributed by atoms with Gasteiger partial charge in [0, 0.05) is 25.3 Å². The summed E-state index contributed by atoms with van der Waals surface area (Å²) in [6.45, 7) is 3.83. The molecule has 1 fully saturated rings. The van der Waals surface area contributed by atoms with E-state index in [1.807, 2.05) is 0 Å². The van der Waals surface area contributed by atoms with Gasteiger partial charge in [0.05, 0.1) is 18.8 Å². The minimum Gasteiger partial charge on any atom is -0.478 e. The molecule has 0 amide bonds. The van der Waals surface area contributed by atoms with Crippen molar-refractivity contribution in [1.82, 2.24) is 4.90 Å². The van der Waals surface area contributed by atoms with Gasteiger partial charge in [-0.25, -0.2) is 4.79 Å². The van der Waals surface area contributed by atoms with Gasteiger partial charge in [0.2, 0.25) is 0 Å².